The highest BCUT2D eigenvalue weighted by atomic mass is 32.2. The van der Waals surface area contributed by atoms with E-state index >= 15 is 0 Å². The smallest absolute Gasteiger partial charge is 0.137 e. The summed E-state index contributed by atoms with van der Waals surface area (Å²) in [5.41, 5.74) is 1.14. The molecule has 1 atom stereocenters. The summed E-state index contributed by atoms with van der Waals surface area (Å²) in [7, 11) is 2.14. The Balaban J connectivity index is 3.13. The fourth-order valence-electron chi connectivity index (χ4n) is 2.15. The first-order chi connectivity index (χ1) is 9.92. The summed E-state index contributed by atoms with van der Waals surface area (Å²) in [6, 6.07) is 0.473. The summed E-state index contributed by atoms with van der Waals surface area (Å²) in [4.78, 5) is 11.8. The molecule has 0 aliphatic carbocycles. The minimum atomic E-state index is 0.330. The number of anilines is 2. The summed E-state index contributed by atoms with van der Waals surface area (Å²) in [5, 5.41) is 3.37. The lowest BCUT2D eigenvalue weighted by molar-refractivity contribution is 0.653. The van der Waals surface area contributed by atoms with Crippen LogP contribution in [0.15, 0.2) is 0 Å². The zero-order valence-corrected chi connectivity index (χ0v) is 15.3. The lowest BCUT2D eigenvalue weighted by Crippen LogP contribution is -2.31. The van der Waals surface area contributed by atoms with Gasteiger partial charge in [0, 0.05) is 31.1 Å². The molecular formula is C16H30N4S. The molecule has 1 heterocycles. The summed E-state index contributed by atoms with van der Waals surface area (Å²) in [6.45, 7) is 11.6. The highest BCUT2D eigenvalue weighted by Gasteiger charge is 2.18. The molecule has 1 aromatic rings. The molecule has 0 bridgehead atoms. The van der Waals surface area contributed by atoms with E-state index in [0.717, 1.165) is 36.0 Å². The first-order valence-corrected chi connectivity index (χ1v) is 9.15. The fraction of sp³-hybridized carbons (Fsp3) is 0.750. The van der Waals surface area contributed by atoms with Crippen molar-refractivity contribution in [3.8, 4) is 0 Å². The van der Waals surface area contributed by atoms with Gasteiger partial charge in [-0.1, -0.05) is 13.8 Å². The highest BCUT2D eigenvalue weighted by molar-refractivity contribution is 7.98. The van der Waals surface area contributed by atoms with Gasteiger partial charge in [-0.15, -0.1) is 0 Å². The molecule has 0 aromatic carbocycles. The maximum atomic E-state index is 4.81. The predicted octanol–water partition coefficient (Wildman–Crippen LogP) is 3.92. The predicted molar refractivity (Wildman–Crippen MR) is 95.9 cm³/mol. The van der Waals surface area contributed by atoms with Crippen LogP contribution in [0.25, 0.3) is 0 Å². The average molecular weight is 311 g/mol. The van der Waals surface area contributed by atoms with Crippen LogP contribution < -0.4 is 10.2 Å². The summed E-state index contributed by atoms with van der Waals surface area (Å²) in [5.74, 6) is 4.44. The number of aromatic nitrogens is 2. The van der Waals surface area contributed by atoms with Crippen molar-refractivity contribution < 1.29 is 0 Å². The molecule has 4 nitrogen and oxygen atoms in total. The second kappa shape index (κ2) is 8.47. The van der Waals surface area contributed by atoms with Gasteiger partial charge in [-0.2, -0.15) is 11.8 Å². The van der Waals surface area contributed by atoms with E-state index in [-0.39, 0.29) is 0 Å². The van der Waals surface area contributed by atoms with Crippen molar-refractivity contribution in [3.63, 3.8) is 0 Å². The van der Waals surface area contributed by atoms with Crippen LogP contribution in [0.1, 0.15) is 51.4 Å². The average Bonchev–Trinajstić information content (AvgIpc) is 2.46. The lowest BCUT2D eigenvalue weighted by atomic mass is 10.1. The van der Waals surface area contributed by atoms with Gasteiger partial charge in [0.2, 0.25) is 0 Å². The Hall–Kier alpha value is -0.970. The third-order valence-corrected chi connectivity index (χ3v) is 4.38. The molecule has 0 saturated carbocycles. The maximum Gasteiger partial charge on any atom is 0.137 e. The Labute approximate surface area is 134 Å². The van der Waals surface area contributed by atoms with Gasteiger partial charge in [0.05, 0.1) is 0 Å². The zero-order chi connectivity index (χ0) is 16.0. The number of hydrogen-bond acceptors (Lipinski definition) is 5. The minimum Gasteiger partial charge on any atom is -0.370 e. The normalized spacial score (nSPS) is 12.6. The quantitative estimate of drug-likeness (QED) is 0.788. The highest BCUT2D eigenvalue weighted by Crippen LogP contribution is 2.27. The second-order valence-electron chi connectivity index (χ2n) is 5.81. The first kappa shape index (κ1) is 18.1. The molecule has 0 spiro atoms. The van der Waals surface area contributed by atoms with Crippen molar-refractivity contribution in [3.05, 3.63) is 11.4 Å². The standard InChI is InChI=1S/C16H30N4S/c1-8-17-15-13(5)16(19-14(18-15)11(2)3)20(6)12(4)9-10-21-7/h11-12H,8-10H2,1-7H3,(H,17,18,19). The SMILES string of the molecule is CCNc1nc(C(C)C)nc(N(C)C(C)CCSC)c1C. The van der Waals surface area contributed by atoms with E-state index in [1.54, 1.807) is 0 Å². The Morgan fingerprint density at radius 1 is 1.24 bits per heavy atom. The van der Waals surface area contributed by atoms with E-state index < -0.39 is 0 Å². The van der Waals surface area contributed by atoms with Gasteiger partial charge in [0.15, 0.2) is 0 Å². The number of rotatable bonds is 8. The molecule has 1 unspecified atom stereocenters. The minimum absolute atomic E-state index is 0.330. The van der Waals surface area contributed by atoms with Gasteiger partial charge >= 0.3 is 0 Å². The van der Waals surface area contributed by atoms with E-state index in [4.69, 9.17) is 4.98 Å². The van der Waals surface area contributed by atoms with E-state index in [1.165, 1.54) is 5.75 Å². The van der Waals surface area contributed by atoms with Crippen LogP contribution in [0.3, 0.4) is 0 Å². The van der Waals surface area contributed by atoms with E-state index in [2.05, 4.69) is 63.1 Å². The molecule has 0 aliphatic heterocycles. The largest absolute Gasteiger partial charge is 0.370 e. The molecule has 0 fully saturated rings. The van der Waals surface area contributed by atoms with Crippen LogP contribution in [0.4, 0.5) is 11.6 Å². The summed E-state index contributed by atoms with van der Waals surface area (Å²) < 4.78 is 0. The van der Waals surface area contributed by atoms with Crippen LogP contribution in [0.5, 0.6) is 0 Å². The number of thioether (sulfide) groups is 1. The van der Waals surface area contributed by atoms with Crippen molar-refractivity contribution in [1.82, 2.24) is 9.97 Å². The van der Waals surface area contributed by atoms with Gasteiger partial charge in [-0.25, -0.2) is 9.97 Å². The third-order valence-electron chi connectivity index (χ3n) is 3.73. The van der Waals surface area contributed by atoms with E-state index in [0.29, 0.717) is 12.0 Å². The van der Waals surface area contributed by atoms with Gasteiger partial charge in [-0.05, 0) is 39.2 Å². The van der Waals surface area contributed by atoms with E-state index in [1.807, 2.05) is 11.8 Å². The summed E-state index contributed by atoms with van der Waals surface area (Å²) in [6.07, 6.45) is 3.32. The molecule has 1 aromatic heterocycles. The van der Waals surface area contributed by atoms with E-state index in [9.17, 15) is 0 Å². The number of hydrogen-bond donors (Lipinski definition) is 1. The molecule has 120 valence electrons. The molecule has 0 amide bonds. The van der Waals surface area contributed by atoms with Crippen molar-refractivity contribution in [2.45, 2.75) is 53.0 Å². The Kier molecular flexibility index (Phi) is 7.29. The van der Waals surface area contributed by atoms with Crippen molar-refractivity contribution >= 4 is 23.4 Å². The van der Waals surface area contributed by atoms with Crippen LogP contribution >= 0.6 is 11.8 Å². The lowest BCUT2D eigenvalue weighted by Gasteiger charge is -2.28. The Bertz CT molecular complexity index is 448. The van der Waals surface area contributed by atoms with Crippen molar-refractivity contribution in [2.75, 3.05) is 35.8 Å². The van der Waals surface area contributed by atoms with Gasteiger partial charge in [0.25, 0.3) is 0 Å². The molecule has 0 aliphatic rings. The molecule has 0 saturated heterocycles. The van der Waals surface area contributed by atoms with Crippen LogP contribution in [-0.4, -0.2) is 41.6 Å². The fourth-order valence-corrected chi connectivity index (χ4v) is 2.73. The van der Waals surface area contributed by atoms with Crippen LogP contribution in [0.2, 0.25) is 0 Å². The van der Waals surface area contributed by atoms with Crippen LogP contribution in [-0.2, 0) is 0 Å². The first-order valence-electron chi connectivity index (χ1n) is 7.76. The summed E-state index contributed by atoms with van der Waals surface area (Å²) >= 11 is 1.89. The van der Waals surface area contributed by atoms with Gasteiger partial charge in [0.1, 0.15) is 17.5 Å². The van der Waals surface area contributed by atoms with Crippen LogP contribution in [0, 0.1) is 6.92 Å². The topological polar surface area (TPSA) is 41.1 Å². The molecule has 0 radical (unpaired) electrons. The monoisotopic (exact) mass is 310 g/mol. The van der Waals surface area contributed by atoms with Gasteiger partial charge < -0.3 is 10.2 Å². The number of nitrogens with zero attached hydrogens (tertiary/aromatic N) is 3. The third kappa shape index (κ3) is 4.77. The zero-order valence-electron chi connectivity index (χ0n) is 14.5. The Morgan fingerprint density at radius 3 is 2.43 bits per heavy atom. The molecule has 5 heteroatoms. The molecule has 1 N–H and O–H groups in total. The van der Waals surface area contributed by atoms with Crippen molar-refractivity contribution in [1.29, 1.82) is 0 Å². The Morgan fingerprint density at radius 2 is 1.90 bits per heavy atom. The molecule has 1 rings (SSSR count). The molecule has 21 heavy (non-hydrogen) atoms. The second-order valence-corrected chi connectivity index (χ2v) is 6.79. The number of nitrogens with one attached hydrogen (secondary N) is 1. The van der Waals surface area contributed by atoms with Gasteiger partial charge in [-0.3, -0.25) is 0 Å². The molecular weight excluding hydrogens is 280 g/mol. The van der Waals surface area contributed by atoms with Crippen molar-refractivity contribution in [2.24, 2.45) is 0 Å². The maximum absolute atomic E-state index is 4.81.